The van der Waals surface area contributed by atoms with Gasteiger partial charge in [-0.25, -0.2) is 0 Å². The van der Waals surface area contributed by atoms with Crippen molar-refractivity contribution in [1.29, 1.82) is 0 Å². The third-order valence-corrected chi connectivity index (χ3v) is 5.65. The molecule has 27 heavy (non-hydrogen) atoms. The van der Waals surface area contributed by atoms with Gasteiger partial charge in [0.15, 0.2) is 0 Å². The van der Waals surface area contributed by atoms with E-state index >= 15 is 0 Å². The van der Waals surface area contributed by atoms with Crippen molar-refractivity contribution in [3.8, 4) is 0 Å². The van der Waals surface area contributed by atoms with Crippen molar-refractivity contribution in [1.82, 2.24) is 25.2 Å². The molecule has 4 atom stereocenters. The predicted molar refractivity (Wildman–Crippen MR) is 100 cm³/mol. The smallest absolute Gasteiger partial charge is 0.253 e. The number of carbonyl (C=O) groups excluding carboxylic acids is 1. The normalized spacial score (nSPS) is 29.5. The second kappa shape index (κ2) is 7.53. The minimum atomic E-state index is -0.00966. The molecule has 8 heteroatoms. The van der Waals surface area contributed by atoms with Crippen LogP contribution >= 0.6 is 0 Å². The zero-order valence-electron chi connectivity index (χ0n) is 15.8. The van der Waals surface area contributed by atoms with Gasteiger partial charge in [0, 0.05) is 50.8 Å². The number of likely N-dealkylation sites (tertiary alicyclic amines) is 1. The summed E-state index contributed by atoms with van der Waals surface area (Å²) in [4.78, 5) is 17.2. The average Bonchev–Trinajstić information content (AvgIpc) is 3.26. The van der Waals surface area contributed by atoms with E-state index in [4.69, 9.17) is 4.74 Å². The number of carbonyl (C=O) groups is 1. The molecule has 0 bridgehead atoms. The summed E-state index contributed by atoms with van der Waals surface area (Å²) >= 11 is 0. The van der Waals surface area contributed by atoms with Crippen LogP contribution < -0.4 is 0 Å². The van der Waals surface area contributed by atoms with Gasteiger partial charge in [-0.2, -0.15) is 15.4 Å². The summed E-state index contributed by atoms with van der Waals surface area (Å²) in [5.41, 5.74) is 2.04. The zero-order chi connectivity index (χ0) is 19.0. The van der Waals surface area contributed by atoms with Gasteiger partial charge in [-0.1, -0.05) is 0 Å². The van der Waals surface area contributed by atoms with E-state index in [0.29, 0.717) is 24.2 Å². The highest BCUT2D eigenvalue weighted by molar-refractivity contribution is 5.97. The maximum atomic E-state index is 13.0. The number of rotatable bonds is 4. The van der Waals surface area contributed by atoms with Gasteiger partial charge < -0.3 is 14.7 Å². The van der Waals surface area contributed by atoms with E-state index in [1.165, 1.54) is 0 Å². The molecule has 2 aromatic rings. The van der Waals surface area contributed by atoms with Crippen LogP contribution in [0.3, 0.4) is 0 Å². The van der Waals surface area contributed by atoms with E-state index in [1.807, 2.05) is 4.90 Å². The first-order valence-electron chi connectivity index (χ1n) is 9.62. The monoisotopic (exact) mass is 373 g/mol. The Morgan fingerprint density at radius 2 is 1.85 bits per heavy atom. The highest BCUT2D eigenvalue weighted by atomic mass is 16.5. The van der Waals surface area contributed by atoms with Gasteiger partial charge in [-0.3, -0.25) is 9.69 Å². The van der Waals surface area contributed by atoms with E-state index in [2.05, 4.69) is 34.2 Å². The number of H-pyrrole nitrogens is 1. The Hall–Kier alpha value is -2.03. The number of hydrogen-bond donors (Lipinski definition) is 2. The fourth-order valence-corrected chi connectivity index (χ4v) is 4.44. The van der Waals surface area contributed by atoms with E-state index in [1.54, 1.807) is 18.2 Å². The second-order valence-corrected chi connectivity index (χ2v) is 7.92. The molecule has 2 aliphatic heterocycles. The van der Waals surface area contributed by atoms with Crippen LogP contribution in [0.25, 0.3) is 11.0 Å². The van der Waals surface area contributed by atoms with E-state index in [-0.39, 0.29) is 36.6 Å². The number of hydrogen-bond acceptors (Lipinski definition) is 6. The minimum Gasteiger partial charge on any atom is -0.396 e. The summed E-state index contributed by atoms with van der Waals surface area (Å²) in [6, 6.07) is 5.37. The third kappa shape index (κ3) is 3.83. The van der Waals surface area contributed by atoms with Gasteiger partial charge in [0.2, 0.25) is 0 Å². The van der Waals surface area contributed by atoms with Crippen LogP contribution in [0, 0.1) is 11.8 Å². The van der Waals surface area contributed by atoms with Crippen molar-refractivity contribution in [2.24, 2.45) is 11.8 Å². The van der Waals surface area contributed by atoms with Crippen LogP contribution in [0.4, 0.5) is 0 Å². The molecule has 1 aromatic carbocycles. The Bertz CT molecular complexity index is 799. The number of amides is 1. The highest BCUT2D eigenvalue weighted by Gasteiger charge is 2.37. The maximum Gasteiger partial charge on any atom is 0.253 e. The second-order valence-electron chi connectivity index (χ2n) is 7.92. The summed E-state index contributed by atoms with van der Waals surface area (Å²) < 4.78 is 5.81. The lowest BCUT2D eigenvalue weighted by molar-refractivity contribution is -0.0726. The molecule has 2 N–H and O–H groups in total. The molecule has 0 aliphatic carbocycles. The quantitative estimate of drug-likeness (QED) is 0.821. The molecule has 1 aromatic heterocycles. The summed E-state index contributed by atoms with van der Waals surface area (Å²) in [5, 5.41) is 20.5. The lowest BCUT2D eigenvalue weighted by Gasteiger charge is -2.37. The molecule has 8 nitrogen and oxygen atoms in total. The third-order valence-electron chi connectivity index (χ3n) is 5.65. The number of aromatic nitrogens is 3. The van der Waals surface area contributed by atoms with Gasteiger partial charge in [-0.05, 0) is 38.0 Å². The number of aliphatic hydroxyl groups excluding tert-OH is 1. The molecule has 2 saturated heterocycles. The van der Waals surface area contributed by atoms with Crippen molar-refractivity contribution in [2.45, 2.75) is 26.1 Å². The van der Waals surface area contributed by atoms with Gasteiger partial charge in [-0.15, -0.1) is 0 Å². The maximum absolute atomic E-state index is 13.0. The number of benzene rings is 1. The predicted octanol–water partition coefficient (Wildman–Crippen LogP) is 0.748. The Labute approximate surface area is 158 Å². The summed E-state index contributed by atoms with van der Waals surface area (Å²) in [7, 11) is 0. The number of aromatic amines is 1. The number of ether oxygens (including phenoxy) is 1. The Morgan fingerprint density at radius 3 is 2.59 bits per heavy atom. The standard InChI is InChI=1S/C19H27N5O3/c1-12-6-23(7-13(2)27-12)8-15-9-24(10-16(15)11-25)19(26)14-3-4-17-18(5-14)21-22-20-17/h3-5,12-13,15-16,25H,6-11H2,1-2H3,(H,20,21,22)/t12-,13+,15-,16-/m1/s1. The topological polar surface area (TPSA) is 94.6 Å². The Kier molecular flexibility index (Phi) is 5.12. The molecular weight excluding hydrogens is 346 g/mol. The first-order chi connectivity index (χ1) is 13.0. The Morgan fingerprint density at radius 1 is 1.15 bits per heavy atom. The van der Waals surface area contributed by atoms with Crippen molar-refractivity contribution in [3.05, 3.63) is 23.8 Å². The number of morpholine rings is 1. The van der Waals surface area contributed by atoms with E-state index in [9.17, 15) is 9.90 Å². The molecule has 0 spiro atoms. The fourth-order valence-electron chi connectivity index (χ4n) is 4.44. The van der Waals surface area contributed by atoms with Crippen LogP contribution in [-0.2, 0) is 4.74 Å². The first-order valence-corrected chi connectivity index (χ1v) is 9.62. The van der Waals surface area contributed by atoms with Crippen molar-refractivity contribution < 1.29 is 14.6 Å². The van der Waals surface area contributed by atoms with Crippen LogP contribution in [0.5, 0.6) is 0 Å². The highest BCUT2D eigenvalue weighted by Crippen LogP contribution is 2.27. The SMILES string of the molecule is C[C@@H]1CN(C[C@@H]2CN(C(=O)c3ccc4n[nH]nc4c3)C[C@@H]2CO)C[C@H](C)O1. The van der Waals surface area contributed by atoms with E-state index in [0.717, 1.165) is 25.2 Å². The number of aliphatic hydroxyl groups is 1. The Balaban J connectivity index is 1.44. The molecule has 1 amide bonds. The van der Waals surface area contributed by atoms with E-state index < -0.39 is 0 Å². The molecule has 4 rings (SSSR count). The number of nitrogens with zero attached hydrogens (tertiary/aromatic N) is 4. The molecule has 3 heterocycles. The summed E-state index contributed by atoms with van der Waals surface area (Å²) in [5.74, 6) is 0.370. The lowest BCUT2D eigenvalue weighted by atomic mass is 9.96. The van der Waals surface area contributed by atoms with Crippen molar-refractivity contribution in [3.63, 3.8) is 0 Å². The molecule has 0 saturated carbocycles. The van der Waals surface area contributed by atoms with Crippen molar-refractivity contribution in [2.75, 3.05) is 39.3 Å². The average molecular weight is 373 g/mol. The fraction of sp³-hybridized carbons (Fsp3) is 0.632. The first kappa shape index (κ1) is 18.3. The minimum absolute atomic E-state index is 0.00966. The largest absolute Gasteiger partial charge is 0.396 e. The number of fused-ring (bicyclic) bond motifs is 1. The van der Waals surface area contributed by atoms with Gasteiger partial charge in [0.25, 0.3) is 5.91 Å². The molecule has 146 valence electrons. The van der Waals surface area contributed by atoms with Gasteiger partial charge in [0.1, 0.15) is 11.0 Å². The summed E-state index contributed by atoms with van der Waals surface area (Å²) in [6.07, 6.45) is 0.435. The molecular formula is C19H27N5O3. The molecule has 0 unspecified atom stereocenters. The summed E-state index contributed by atoms with van der Waals surface area (Å²) in [6.45, 7) is 8.23. The lowest BCUT2D eigenvalue weighted by Crippen LogP contribution is -2.48. The zero-order valence-corrected chi connectivity index (χ0v) is 15.8. The van der Waals surface area contributed by atoms with Gasteiger partial charge in [0.05, 0.1) is 12.2 Å². The van der Waals surface area contributed by atoms with Crippen LogP contribution in [0.1, 0.15) is 24.2 Å². The molecule has 2 fully saturated rings. The number of nitrogens with one attached hydrogen (secondary N) is 1. The molecule has 0 radical (unpaired) electrons. The molecule has 2 aliphatic rings. The van der Waals surface area contributed by atoms with Crippen molar-refractivity contribution >= 4 is 16.9 Å². The van der Waals surface area contributed by atoms with Crippen LogP contribution in [0.2, 0.25) is 0 Å². The van der Waals surface area contributed by atoms with Crippen LogP contribution in [0.15, 0.2) is 18.2 Å². The van der Waals surface area contributed by atoms with Crippen LogP contribution in [-0.4, -0.2) is 87.8 Å². The van der Waals surface area contributed by atoms with Gasteiger partial charge >= 0.3 is 0 Å².